The lowest BCUT2D eigenvalue weighted by Crippen LogP contribution is -2.54. The predicted octanol–water partition coefficient (Wildman–Crippen LogP) is -0.454. The Morgan fingerprint density at radius 1 is 1.50 bits per heavy atom. The number of piperidine rings is 2. The Labute approximate surface area is 84.8 Å². The van der Waals surface area contributed by atoms with Gasteiger partial charge in [0.2, 0.25) is 5.91 Å². The van der Waals surface area contributed by atoms with Crippen molar-refractivity contribution in [2.24, 2.45) is 11.7 Å². The molecule has 2 unspecified atom stereocenters. The number of amides is 1. The SMILES string of the molecule is NCCN1CCC2NC(=O)CCC2C1. The van der Waals surface area contributed by atoms with Gasteiger partial charge < -0.3 is 16.0 Å². The number of fused-ring (bicyclic) bond motifs is 1. The molecule has 0 aromatic rings. The summed E-state index contributed by atoms with van der Waals surface area (Å²) in [5, 5.41) is 3.08. The molecule has 0 aliphatic carbocycles. The second kappa shape index (κ2) is 4.28. The third kappa shape index (κ3) is 2.07. The van der Waals surface area contributed by atoms with Crippen LogP contribution in [0.15, 0.2) is 0 Å². The Kier molecular flexibility index (Phi) is 3.03. The van der Waals surface area contributed by atoms with Crippen LogP contribution in [0.3, 0.4) is 0 Å². The minimum Gasteiger partial charge on any atom is -0.353 e. The molecule has 2 aliphatic rings. The number of likely N-dealkylation sites (tertiary alicyclic amines) is 1. The van der Waals surface area contributed by atoms with E-state index in [1.165, 1.54) is 0 Å². The van der Waals surface area contributed by atoms with E-state index in [9.17, 15) is 4.79 Å². The molecule has 1 amide bonds. The number of carbonyl (C=O) groups is 1. The second-order valence-corrected chi connectivity index (χ2v) is 4.35. The summed E-state index contributed by atoms with van der Waals surface area (Å²) in [4.78, 5) is 13.6. The van der Waals surface area contributed by atoms with E-state index >= 15 is 0 Å². The van der Waals surface area contributed by atoms with Gasteiger partial charge in [-0.2, -0.15) is 0 Å². The van der Waals surface area contributed by atoms with E-state index in [1.807, 2.05) is 0 Å². The lowest BCUT2D eigenvalue weighted by atomic mass is 9.85. The summed E-state index contributed by atoms with van der Waals surface area (Å²) in [6, 6.07) is 0.435. The van der Waals surface area contributed by atoms with Gasteiger partial charge in [-0.25, -0.2) is 0 Å². The first kappa shape index (κ1) is 9.93. The molecule has 2 aliphatic heterocycles. The molecule has 3 N–H and O–H groups in total. The number of carbonyl (C=O) groups excluding carboxylic acids is 1. The summed E-state index contributed by atoms with van der Waals surface area (Å²) in [6.45, 7) is 3.93. The molecule has 14 heavy (non-hydrogen) atoms. The number of nitrogens with zero attached hydrogens (tertiary/aromatic N) is 1. The van der Waals surface area contributed by atoms with Crippen LogP contribution in [0, 0.1) is 5.92 Å². The molecular formula is C10H19N3O. The molecule has 0 spiro atoms. The molecule has 4 nitrogen and oxygen atoms in total. The van der Waals surface area contributed by atoms with Crippen LogP contribution in [0.25, 0.3) is 0 Å². The topological polar surface area (TPSA) is 58.4 Å². The van der Waals surface area contributed by atoms with Gasteiger partial charge >= 0.3 is 0 Å². The molecule has 2 saturated heterocycles. The first-order chi connectivity index (χ1) is 6.79. The summed E-state index contributed by atoms with van der Waals surface area (Å²) >= 11 is 0. The van der Waals surface area contributed by atoms with Gasteiger partial charge in [0, 0.05) is 38.6 Å². The number of hydrogen-bond donors (Lipinski definition) is 2. The van der Waals surface area contributed by atoms with Crippen LogP contribution in [0.1, 0.15) is 19.3 Å². The Morgan fingerprint density at radius 2 is 2.36 bits per heavy atom. The molecular weight excluding hydrogens is 178 g/mol. The van der Waals surface area contributed by atoms with Crippen LogP contribution in [0.4, 0.5) is 0 Å². The number of nitrogens with two attached hydrogens (primary N) is 1. The molecule has 2 rings (SSSR count). The maximum absolute atomic E-state index is 11.2. The smallest absolute Gasteiger partial charge is 0.220 e. The maximum atomic E-state index is 11.2. The Hall–Kier alpha value is -0.610. The summed E-state index contributed by atoms with van der Waals surface area (Å²) in [7, 11) is 0. The van der Waals surface area contributed by atoms with Crippen molar-refractivity contribution in [1.82, 2.24) is 10.2 Å². The van der Waals surface area contributed by atoms with E-state index in [0.29, 0.717) is 18.4 Å². The van der Waals surface area contributed by atoms with E-state index in [4.69, 9.17) is 5.73 Å². The largest absolute Gasteiger partial charge is 0.353 e. The molecule has 2 heterocycles. The summed E-state index contributed by atoms with van der Waals surface area (Å²) in [6.07, 6.45) is 2.85. The van der Waals surface area contributed by atoms with Crippen molar-refractivity contribution >= 4 is 5.91 Å². The summed E-state index contributed by atoms with van der Waals surface area (Å²) in [5.74, 6) is 0.895. The van der Waals surface area contributed by atoms with E-state index < -0.39 is 0 Å². The van der Waals surface area contributed by atoms with Gasteiger partial charge in [-0.1, -0.05) is 0 Å². The van der Waals surface area contributed by atoms with Gasteiger partial charge in [-0.05, 0) is 18.8 Å². The lowest BCUT2D eigenvalue weighted by Gasteiger charge is -2.41. The van der Waals surface area contributed by atoms with Crippen molar-refractivity contribution in [3.63, 3.8) is 0 Å². The molecule has 80 valence electrons. The minimum atomic E-state index is 0.235. The first-order valence-electron chi connectivity index (χ1n) is 5.51. The van der Waals surface area contributed by atoms with E-state index in [-0.39, 0.29) is 5.91 Å². The van der Waals surface area contributed by atoms with Crippen LogP contribution in [0.5, 0.6) is 0 Å². The van der Waals surface area contributed by atoms with Crippen molar-refractivity contribution in [2.75, 3.05) is 26.2 Å². The molecule has 0 radical (unpaired) electrons. The minimum absolute atomic E-state index is 0.235. The van der Waals surface area contributed by atoms with Crippen LogP contribution < -0.4 is 11.1 Å². The zero-order chi connectivity index (χ0) is 9.97. The van der Waals surface area contributed by atoms with Gasteiger partial charge in [0.15, 0.2) is 0 Å². The summed E-state index contributed by atoms with van der Waals surface area (Å²) < 4.78 is 0. The van der Waals surface area contributed by atoms with Gasteiger partial charge in [0.25, 0.3) is 0 Å². The summed E-state index contributed by atoms with van der Waals surface area (Å²) in [5.41, 5.74) is 5.54. The number of hydrogen-bond acceptors (Lipinski definition) is 3. The maximum Gasteiger partial charge on any atom is 0.220 e. The fraction of sp³-hybridized carbons (Fsp3) is 0.900. The highest BCUT2D eigenvalue weighted by Gasteiger charge is 2.33. The van der Waals surface area contributed by atoms with Crippen LogP contribution >= 0.6 is 0 Å². The first-order valence-corrected chi connectivity index (χ1v) is 5.51. The van der Waals surface area contributed by atoms with Crippen LogP contribution in [0.2, 0.25) is 0 Å². The lowest BCUT2D eigenvalue weighted by molar-refractivity contribution is -0.125. The molecule has 0 aromatic heterocycles. The molecule has 0 bridgehead atoms. The Morgan fingerprint density at radius 3 is 3.14 bits per heavy atom. The van der Waals surface area contributed by atoms with Crippen molar-refractivity contribution in [3.05, 3.63) is 0 Å². The van der Waals surface area contributed by atoms with Gasteiger partial charge in [0.1, 0.15) is 0 Å². The molecule has 0 aromatic carbocycles. The normalized spacial score (nSPS) is 33.6. The fourth-order valence-electron chi connectivity index (χ4n) is 2.57. The van der Waals surface area contributed by atoms with Crippen LogP contribution in [-0.4, -0.2) is 43.0 Å². The van der Waals surface area contributed by atoms with Gasteiger partial charge in [0.05, 0.1) is 0 Å². The monoisotopic (exact) mass is 197 g/mol. The zero-order valence-corrected chi connectivity index (χ0v) is 8.54. The number of nitrogens with one attached hydrogen (secondary N) is 1. The van der Waals surface area contributed by atoms with E-state index in [1.54, 1.807) is 0 Å². The second-order valence-electron chi connectivity index (χ2n) is 4.35. The van der Waals surface area contributed by atoms with Crippen molar-refractivity contribution in [1.29, 1.82) is 0 Å². The van der Waals surface area contributed by atoms with E-state index in [2.05, 4.69) is 10.2 Å². The zero-order valence-electron chi connectivity index (χ0n) is 8.54. The Bertz CT molecular complexity index is 219. The average Bonchev–Trinajstić information content (AvgIpc) is 2.19. The third-order valence-corrected chi connectivity index (χ3v) is 3.35. The average molecular weight is 197 g/mol. The van der Waals surface area contributed by atoms with Gasteiger partial charge in [-0.3, -0.25) is 4.79 Å². The molecule has 2 atom stereocenters. The standard InChI is InChI=1S/C10H19N3O/c11-4-6-13-5-3-9-8(7-13)1-2-10(14)12-9/h8-9H,1-7,11H2,(H,12,14). The molecule has 4 heteroatoms. The van der Waals surface area contributed by atoms with Crippen LogP contribution in [-0.2, 0) is 4.79 Å². The fourth-order valence-corrected chi connectivity index (χ4v) is 2.57. The van der Waals surface area contributed by atoms with E-state index in [0.717, 1.165) is 39.0 Å². The molecule has 2 fully saturated rings. The predicted molar refractivity (Wildman–Crippen MR) is 54.8 cm³/mol. The number of rotatable bonds is 2. The molecule has 0 saturated carbocycles. The third-order valence-electron chi connectivity index (χ3n) is 3.35. The Balaban J connectivity index is 1.88. The van der Waals surface area contributed by atoms with Gasteiger partial charge in [-0.15, -0.1) is 0 Å². The highest BCUT2D eigenvalue weighted by atomic mass is 16.1. The van der Waals surface area contributed by atoms with Crippen molar-refractivity contribution in [3.8, 4) is 0 Å². The highest BCUT2D eigenvalue weighted by molar-refractivity contribution is 5.77. The quantitative estimate of drug-likeness (QED) is 0.630. The van der Waals surface area contributed by atoms with Crippen molar-refractivity contribution < 1.29 is 4.79 Å². The highest BCUT2D eigenvalue weighted by Crippen LogP contribution is 2.24. The van der Waals surface area contributed by atoms with Crippen molar-refractivity contribution in [2.45, 2.75) is 25.3 Å².